The molecule has 1 aliphatic heterocycles. The Morgan fingerprint density at radius 2 is 2.10 bits per heavy atom. The van der Waals surface area contributed by atoms with Crippen LogP contribution in [-0.4, -0.2) is 22.5 Å². The van der Waals surface area contributed by atoms with E-state index in [2.05, 4.69) is 0 Å². The number of nitrogens with zero attached hydrogens (tertiary/aromatic N) is 1. The van der Waals surface area contributed by atoms with Crippen LogP contribution < -0.4 is 5.73 Å². The second kappa shape index (κ2) is 5.30. The molecule has 2 aromatic carbocycles. The number of benzene rings is 2. The predicted octanol–water partition coefficient (Wildman–Crippen LogP) is 2.83. The summed E-state index contributed by atoms with van der Waals surface area (Å²) in [7, 11) is 0. The maximum Gasteiger partial charge on any atom is 0.255 e. The molecule has 0 atom stereocenters. The van der Waals surface area contributed by atoms with E-state index < -0.39 is 0 Å². The van der Waals surface area contributed by atoms with Crippen LogP contribution in [0.1, 0.15) is 21.5 Å². The number of halogens is 1. The fourth-order valence-corrected chi connectivity index (χ4v) is 2.86. The number of phenols is 1. The molecule has 1 aliphatic rings. The second-order valence-electron chi connectivity index (χ2n) is 5.13. The Hall–Kier alpha value is -2.20. The van der Waals surface area contributed by atoms with Crippen molar-refractivity contribution in [2.75, 3.05) is 12.3 Å². The van der Waals surface area contributed by atoms with E-state index in [1.165, 1.54) is 18.2 Å². The summed E-state index contributed by atoms with van der Waals surface area (Å²) in [6.07, 6.45) is 0.726. The lowest BCUT2D eigenvalue weighted by molar-refractivity contribution is 0.0734. The summed E-state index contributed by atoms with van der Waals surface area (Å²) in [6.45, 7) is 1.09. The van der Waals surface area contributed by atoms with Crippen molar-refractivity contribution < 1.29 is 9.90 Å². The molecule has 2 aromatic rings. The quantitative estimate of drug-likeness (QED) is 0.796. The van der Waals surface area contributed by atoms with Gasteiger partial charge in [-0.05, 0) is 41.8 Å². The summed E-state index contributed by atoms with van der Waals surface area (Å²) in [4.78, 5) is 14.3. The number of phenolic OH excluding ortho intramolecular Hbond substituents is 1. The predicted molar refractivity (Wildman–Crippen MR) is 82.4 cm³/mol. The molecule has 5 heteroatoms. The summed E-state index contributed by atoms with van der Waals surface area (Å²) < 4.78 is 0. The number of fused-ring (bicyclic) bond motifs is 1. The number of hydrogen-bond acceptors (Lipinski definition) is 3. The molecular weight excluding hydrogens is 288 g/mol. The lowest BCUT2D eigenvalue weighted by Crippen LogP contribution is -2.36. The smallest absolute Gasteiger partial charge is 0.255 e. The van der Waals surface area contributed by atoms with Crippen LogP contribution in [0.3, 0.4) is 0 Å². The third-order valence-electron chi connectivity index (χ3n) is 3.77. The molecule has 1 amide bonds. The summed E-state index contributed by atoms with van der Waals surface area (Å²) in [5.41, 5.74) is 9.23. The first-order chi connectivity index (χ1) is 10.1. The number of anilines is 1. The van der Waals surface area contributed by atoms with Gasteiger partial charge in [-0.3, -0.25) is 4.79 Å². The van der Waals surface area contributed by atoms with Crippen LogP contribution in [0.4, 0.5) is 5.69 Å². The summed E-state index contributed by atoms with van der Waals surface area (Å²) in [5.74, 6) is -0.145. The van der Waals surface area contributed by atoms with Gasteiger partial charge in [0.05, 0.1) is 10.6 Å². The average molecular weight is 303 g/mol. The topological polar surface area (TPSA) is 66.6 Å². The Kier molecular flexibility index (Phi) is 3.47. The lowest BCUT2D eigenvalue weighted by atomic mass is 9.97. The number of amides is 1. The molecule has 21 heavy (non-hydrogen) atoms. The van der Waals surface area contributed by atoms with Crippen molar-refractivity contribution in [2.45, 2.75) is 13.0 Å². The Bertz CT molecular complexity index is 715. The van der Waals surface area contributed by atoms with Crippen LogP contribution in [0, 0.1) is 0 Å². The van der Waals surface area contributed by atoms with E-state index in [-0.39, 0.29) is 11.7 Å². The van der Waals surface area contributed by atoms with Gasteiger partial charge >= 0.3 is 0 Å². The number of aromatic hydroxyl groups is 1. The zero-order chi connectivity index (χ0) is 15.0. The molecule has 0 fully saturated rings. The SMILES string of the molecule is Nc1cccc2c1CCN(C(=O)c1cc(O)ccc1Cl)C2. The highest BCUT2D eigenvalue weighted by Crippen LogP contribution is 2.27. The molecule has 0 radical (unpaired) electrons. The molecule has 3 N–H and O–H groups in total. The minimum atomic E-state index is -0.177. The zero-order valence-corrected chi connectivity index (χ0v) is 12.1. The first kappa shape index (κ1) is 13.8. The first-order valence-electron chi connectivity index (χ1n) is 6.70. The molecule has 0 saturated carbocycles. The molecule has 0 saturated heterocycles. The number of carbonyl (C=O) groups excluding carboxylic acids is 1. The Morgan fingerprint density at radius 1 is 1.29 bits per heavy atom. The van der Waals surface area contributed by atoms with Crippen molar-refractivity contribution in [3.63, 3.8) is 0 Å². The van der Waals surface area contributed by atoms with E-state index in [0.29, 0.717) is 23.7 Å². The number of rotatable bonds is 1. The summed E-state index contributed by atoms with van der Waals surface area (Å²) >= 11 is 6.06. The molecule has 4 nitrogen and oxygen atoms in total. The van der Waals surface area contributed by atoms with Crippen LogP contribution in [0.5, 0.6) is 5.75 Å². The van der Waals surface area contributed by atoms with E-state index in [0.717, 1.165) is 23.2 Å². The van der Waals surface area contributed by atoms with E-state index in [1.807, 2.05) is 18.2 Å². The van der Waals surface area contributed by atoms with Crippen LogP contribution in [0.2, 0.25) is 5.02 Å². The largest absolute Gasteiger partial charge is 0.508 e. The van der Waals surface area contributed by atoms with Crippen molar-refractivity contribution >= 4 is 23.2 Å². The fraction of sp³-hybridized carbons (Fsp3) is 0.188. The number of carbonyl (C=O) groups is 1. The van der Waals surface area contributed by atoms with Gasteiger partial charge in [-0.1, -0.05) is 23.7 Å². The molecule has 3 rings (SSSR count). The third kappa shape index (κ3) is 2.54. The van der Waals surface area contributed by atoms with Gasteiger partial charge in [-0.25, -0.2) is 0 Å². The van der Waals surface area contributed by atoms with Crippen LogP contribution in [-0.2, 0) is 13.0 Å². The van der Waals surface area contributed by atoms with Gasteiger partial charge in [-0.15, -0.1) is 0 Å². The van der Waals surface area contributed by atoms with Gasteiger partial charge in [-0.2, -0.15) is 0 Å². The van der Waals surface area contributed by atoms with Crippen LogP contribution >= 0.6 is 11.6 Å². The number of nitrogens with two attached hydrogens (primary N) is 1. The van der Waals surface area contributed by atoms with Gasteiger partial charge in [0, 0.05) is 18.8 Å². The maximum absolute atomic E-state index is 12.6. The van der Waals surface area contributed by atoms with Crippen molar-refractivity contribution in [3.8, 4) is 5.75 Å². The first-order valence-corrected chi connectivity index (χ1v) is 7.08. The van der Waals surface area contributed by atoms with Crippen molar-refractivity contribution in [3.05, 3.63) is 58.1 Å². The van der Waals surface area contributed by atoms with E-state index >= 15 is 0 Å². The van der Waals surface area contributed by atoms with Crippen LogP contribution in [0.15, 0.2) is 36.4 Å². The standard InChI is InChI=1S/C16H15ClN2O2/c17-14-5-4-11(20)8-13(14)16(21)19-7-6-12-10(9-19)2-1-3-15(12)18/h1-5,8,20H,6-7,9,18H2. The lowest BCUT2D eigenvalue weighted by Gasteiger charge is -2.30. The molecule has 108 valence electrons. The average Bonchev–Trinajstić information content (AvgIpc) is 2.49. The minimum Gasteiger partial charge on any atom is -0.508 e. The Labute approximate surface area is 127 Å². The van der Waals surface area contributed by atoms with E-state index in [1.54, 1.807) is 4.90 Å². The molecule has 1 heterocycles. The molecule has 0 bridgehead atoms. The van der Waals surface area contributed by atoms with Gasteiger partial charge in [0.25, 0.3) is 5.91 Å². The second-order valence-corrected chi connectivity index (χ2v) is 5.53. The third-order valence-corrected chi connectivity index (χ3v) is 4.10. The monoisotopic (exact) mass is 302 g/mol. The highest BCUT2D eigenvalue weighted by molar-refractivity contribution is 6.33. The van der Waals surface area contributed by atoms with E-state index in [4.69, 9.17) is 17.3 Å². The highest BCUT2D eigenvalue weighted by atomic mass is 35.5. The minimum absolute atomic E-state index is 0.0319. The Balaban J connectivity index is 1.89. The van der Waals surface area contributed by atoms with Gasteiger partial charge in [0.2, 0.25) is 0 Å². The highest BCUT2D eigenvalue weighted by Gasteiger charge is 2.24. The van der Waals surface area contributed by atoms with Crippen molar-refractivity contribution in [1.29, 1.82) is 0 Å². The Morgan fingerprint density at radius 3 is 2.90 bits per heavy atom. The normalized spacial score (nSPS) is 13.9. The molecular formula is C16H15ClN2O2. The van der Waals surface area contributed by atoms with Crippen molar-refractivity contribution in [1.82, 2.24) is 4.90 Å². The van der Waals surface area contributed by atoms with Gasteiger partial charge in [0.15, 0.2) is 0 Å². The molecule has 0 unspecified atom stereocenters. The van der Waals surface area contributed by atoms with E-state index in [9.17, 15) is 9.90 Å². The van der Waals surface area contributed by atoms with Gasteiger partial charge < -0.3 is 15.7 Å². The maximum atomic E-state index is 12.6. The summed E-state index contributed by atoms with van der Waals surface area (Å²) in [6, 6.07) is 10.1. The van der Waals surface area contributed by atoms with Crippen LogP contribution in [0.25, 0.3) is 0 Å². The molecule has 0 aromatic heterocycles. The van der Waals surface area contributed by atoms with Crippen molar-refractivity contribution in [2.24, 2.45) is 0 Å². The number of nitrogen functional groups attached to an aromatic ring is 1. The molecule has 0 aliphatic carbocycles. The molecule has 0 spiro atoms. The summed E-state index contributed by atoms with van der Waals surface area (Å²) in [5, 5.41) is 9.88. The van der Waals surface area contributed by atoms with Gasteiger partial charge in [0.1, 0.15) is 5.75 Å². The number of hydrogen-bond donors (Lipinski definition) is 2. The fourth-order valence-electron chi connectivity index (χ4n) is 2.66. The zero-order valence-electron chi connectivity index (χ0n) is 11.3.